The fraction of sp³-hybridized carbons (Fsp3) is 0.235. The summed E-state index contributed by atoms with van der Waals surface area (Å²) in [6, 6.07) is 7.82. The van der Waals surface area contributed by atoms with Crippen molar-refractivity contribution in [1.82, 2.24) is 20.1 Å². The minimum absolute atomic E-state index is 0.0257. The summed E-state index contributed by atoms with van der Waals surface area (Å²) in [6.45, 7) is 5.20. The van der Waals surface area contributed by atoms with Gasteiger partial charge in [0.15, 0.2) is 0 Å². The van der Waals surface area contributed by atoms with E-state index < -0.39 is 0 Å². The molecule has 0 aliphatic rings. The molecule has 0 spiro atoms. The molecule has 1 amide bonds. The first kappa shape index (κ1) is 15.4. The second kappa shape index (κ2) is 6.75. The molecule has 0 fully saturated rings. The molecule has 3 aromatic heterocycles. The van der Waals surface area contributed by atoms with Crippen molar-refractivity contribution in [3.8, 4) is 11.3 Å². The third kappa shape index (κ3) is 3.65. The molecule has 3 rings (SSSR count). The molecule has 5 nitrogen and oxygen atoms in total. The average Bonchev–Trinajstić information content (AvgIpc) is 3.15. The van der Waals surface area contributed by atoms with Crippen LogP contribution in [0.25, 0.3) is 11.3 Å². The highest BCUT2D eigenvalue weighted by molar-refractivity contribution is 7.12. The van der Waals surface area contributed by atoms with Crippen LogP contribution >= 0.6 is 11.3 Å². The van der Waals surface area contributed by atoms with E-state index in [1.165, 1.54) is 11.3 Å². The van der Waals surface area contributed by atoms with Gasteiger partial charge in [0.05, 0.1) is 17.1 Å². The summed E-state index contributed by atoms with van der Waals surface area (Å²) in [5.41, 5.74) is 4.15. The lowest BCUT2D eigenvalue weighted by molar-refractivity contribution is 0.0956. The fourth-order valence-corrected chi connectivity index (χ4v) is 3.13. The molecule has 0 atom stereocenters. The van der Waals surface area contributed by atoms with E-state index in [-0.39, 0.29) is 5.91 Å². The number of aromatic nitrogens is 3. The summed E-state index contributed by atoms with van der Waals surface area (Å²) in [4.78, 5) is 16.8. The van der Waals surface area contributed by atoms with Crippen molar-refractivity contribution < 1.29 is 4.79 Å². The molecule has 0 bridgehead atoms. The maximum absolute atomic E-state index is 12.0. The van der Waals surface area contributed by atoms with Crippen LogP contribution in [0, 0.1) is 13.8 Å². The highest BCUT2D eigenvalue weighted by atomic mass is 32.1. The van der Waals surface area contributed by atoms with E-state index >= 15 is 0 Å². The zero-order valence-electron chi connectivity index (χ0n) is 13.1. The Morgan fingerprint density at radius 3 is 2.74 bits per heavy atom. The van der Waals surface area contributed by atoms with Gasteiger partial charge in [0.1, 0.15) is 0 Å². The number of nitrogens with one attached hydrogen (secondary N) is 1. The van der Waals surface area contributed by atoms with Crippen LogP contribution in [-0.4, -0.2) is 27.2 Å². The molecule has 3 heterocycles. The third-order valence-corrected chi connectivity index (χ3v) is 4.57. The molecule has 23 heavy (non-hydrogen) atoms. The monoisotopic (exact) mass is 326 g/mol. The summed E-state index contributed by atoms with van der Waals surface area (Å²) < 4.78 is 1.91. The van der Waals surface area contributed by atoms with Gasteiger partial charge in [-0.25, -0.2) is 0 Å². The van der Waals surface area contributed by atoms with Crippen LogP contribution in [0.4, 0.5) is 0 Å². The van der Waals surface area contributed by atoms with Crippen molar-refractivity contribution in [2.75, 3.05) is 6.54 Å². The van der Waals surface area contributed by atoms with Crippen LogP contribution < -0.4 is 5.32 Å². The Balaban J connectivity index is 1.61. The number of aryl methyl sites for hydroxylation is 2. The number of rotatable bonds is 5. The molecule has 3 aromatic rings. The van der Waals surface area contributed by atoms with Crippen LogP contribution in [-0.2, 0) is 6.54 Å². The van der Waals surface area contributed by atoms with E-state index in [0.717, 1.165) is 27.4 Å². The number of thiophene rings is 1. The van der Waals surface area contributed by atoms with Crippen LogP contribution in [0.15, 0.2) is 42.0 Å². The van der Waals surface area contributed by atoms with Gasteiger partial charge in [-0.05, 0) is 49.1 Å². The maximum Gasteiger partial charge on any atom is 0.261 e. The average molecular weight is 326 g/mol. The summed E-state index contributed by atoms with van der Waals surface area (Å²) >= 11 is 1.47. The van der Waals surface area contributed by atoms with Gasteiger partial charge in [0.25, 0.3) is 5.91 Å². The summed E-state index contributed by atoms with van der Waals surface area (Å²) in [5, 5.41) is 9.51. The molecule has 0 aliphatic carbocycles. The minimum atomic E-state index is -0.0257. The van der Waals surface area contributed by atoms with Crippen molar-refractivity contribution in [2.45, 2.75) is 20.4 Å². The number of carbonyl (C=O) groups is 1. The third-order valence-electron chi connectivity index (χ3n) is 3.52. The van der Waals surface area contributed by atoms with Gasteiger partial charge in [-0.15, -0.1) is 11.3 Å². The minimum Gasteiger partial charge on any atom is -0.349 e. The van der Waals surface area contributed by atoms with Gasteiger partial charge >= 0.3 is 0 Å². The largest absolute Gasteiger partial charge is 0.349 e. The van der Waals surface area contributed by atoms with Crippen LogP contribution in [0.2, 0.25) is 0 Å². The second-order valence-electron chi connectivity index (χ2n) is 5.37. The Morgan fingerprint density at radius 1 is 1.26 bits per heavy atom. The number of nitrogens with zero attached hydrogens (tertiary/aromatic N) is 3. The molecular weight excluding hydrogens is 308 g/mol. The van der Waals surface area contributed by atoms with Gasteiger partial charge in [-0.1, -0.05) is 0 Å². The van der Waals surface area contributed by atoms with Crippen molar-refractivity contribution in [3.63, 3.8) is 0 Å². The molecule has 6 heteroatoms. The van der Waals surface area contributed by atoms with Crippen molar-refractivity contribution in [1.29, 1.82) is 0 Å². The van der Waals surface area contributed by atoms with Crippen LogP contribution in [0.1, 0.15) is 20.9 Å². The fourth-order valence-electron chi connectivity index (χ4n) is 2.31. The molecule has 0 aromatic carbocycles. The van der Waals surface area contributed by atoms with Crippen molar-refractivity contribution >= 4 is 17.2 Å². The normalized spacial score (nSPS) is 10.7. The van der Waals surface area contributed by atoms with Crippen LogP contribution in [0.5, 0.6) is 0 Å². The maximum atomic E-state index is 12.0. The number of carbonyl (C=O) groups excluding carboxylic acids is 1. The van der Waals surface area contributed by atoms with E-state index in [4.69, 9.17) is 0 Å². The van der Waals surface area contributed by atoms with Gasteiger partial charge in [0.2, 0.25) is 0 Å². The number of hydrogen-bond donors (Lipinski definition) is 1. The first-order valence-electron chi connectivity index (χ1n) is 7.41. The molecule has 1 N–H and O–H groups in total. The molecular formula is C17H18N4OS. The highest BCUT2D eigenvalue weighted by Gasteiger charge is 2.09. The molecule has 0 saturated carbocycles. The Kier molecular flexibility index (Phi) is 4.52. The molecule has 0 aliphatic heterocycles. The summed E-state index contributed by atoms with van der Waals surface area (Å²) in [5.74, 6) is -0.0257. The lowest BCUT2D eigenvalue weighted by Crippen LogP contribution is -2.27. The first-order chi connectivity index (χ1) is 11.1. The first-order valence-corrected chi connectivity index (χ1v) is 8.29. The smallest absolute Gasteiger partial charge is 0.261 e. The second-order valence-corrected chi connectivity index (χ2v) is 6.29. The zero-order chi connectivity index (χ0) is 16.2. The van der Waals surface area contributed by atoms with E-state index in [0.29, 0.717) is 13.1 Å². The van der Waals surface area contributed by atoms with Gasteiger partial charge < -0.3 is 5.32 Å². The standard InChI is InChI=1S/C17H18N4OS/c1-12-9-16(23-11-12)17(22)19-7-8-21-13(2)10-15(20-21)14-3-5-18-6-4-14/h3-6,9-11H,7-8H2,1-2H3,(H,19,22). The molecule has 0 radical (unpaired) electrons. The summed E-state index contributed by atoms with van der Waals surface area (Å²) in [6.07, 6.45) is 3.51. The zero-order valence-corrected chi connectivity index (χ0v) is 13.9. The Labute approximate surface area is 139 Å². The van der Waals surface area contributed by atoms with E-state index in [2.05, 4.69) is 15.4 Å². The topological polar surface area (TPSA) is 59.8 Å². The van der Waals surface area contributed by atoms with E-state index in [1.54, 1.807) is 12.4 Å². The Morgan fingerprint density at radius 2 is 2.04 bits per heavy atom. The van der Waals surface area contributed by atoms with Crippen molar-refractivity contribution in [2.24, 2.45) is 0 Å². The summed E-state index contributed by atoms with van der Waals surface area (Å²) in [7, 11) is 0. The predicted molar refractivity (Wildman–Crippen MR) is 91.6 cm³/mol. The van der Waals surface area contributed by atoms with Gasteiger partial charge in [-0.3, -0.25) is 14.5 Å². The molecule has 0 unspecified atom stereocenters. The quantitative estimate of drug-likeness (QED) is 0.784. The Hall–Kier alpha value is -2.47. The number of amides is 1. The number of pyridine rings is 1. The highest BCUT2D eigenvalue weighted by Crippen LogP contribution is 2.17. The van der Waals surface area contributed by atoms with E-state index in [9.17, 15) is 4.79 Å². The lowest BCUT2D eigenvalue weighted by atomic mass is 10.2. The SMILES string of the molecule is Cc1csc(C(=O)NCCn2nc(-c3ccncc3)cc2C)c1. The van der Waals surface area contributed by atoms with Crippen LogP contribution in [0.3, 0.4) is 0 Å². The Bertz CT molecular complexity index is 807. The number of hydrogen-bond acceptors (Lipinski definition) is 4. The predicted octanol–water partition coefficient (Wildman–Crippen LogP) is 3.05. The van der Waals surface area contributed by atoms with E-state index in [1.807, 2.05) is 48.2 Å². The van der Waals surface area contributed by atoms with Crippen molar-refractivity contribution in [3.05, 3.63) is 58.2 Å². The molecule has 0 saturated heterocycles. The van der Waals surface area contributed by atoms with Gasteiger partial charge in [-0.2, -0.15) is 5.10 Å². The van der Waals surface area contributed by atoms with Gasteiger partial charge in [0, 0.05) is 30.2 Å². The molecule has 118 valence electrons. The lowest BCUT2D eigenvalue weighted by Gasteiger charge is -2.06.